The highest BCUT2D eigenvalue weighted by molar-refractivity contribution is 5.96. The smallest absolute Gasteiger partial charge is 0.387 e. The number of amides is 1. The fourth-order valence-corrected chi connectivity index (χ4v) is 1.96. The minimum Gasteiger partial charge on any atom is -0.434 e. The second kappa shape index (κ2) is 7.33. The minimum atomic E-state index is -3.00. The molecule has 0 radical (unpaired) electrons. The van der Waals surface area contributed by atoms with E-state index in [0.717, 1.165) is 0 Å². The standard InChI is InChI=1S/C14H20F2N2O3/c1-14(20,9-18(2)3)8-17-12(19)10-6-4-5-7-11(10)21-13(15)16/h4-7,13,20H,8-9H2,1-3H3,(H,17,19). The summed E-state index contributed by atoms with van der Waals surface area (Å²) in [4.78, 5) is 13.8. The molecule has 0 saturated carbocycles. The van der Waals surface area contributed by atoms with Gasteiger partial charge in [0.15, 0.2) is 0 Å². The number of para-hydroxylation sites is 1. The van der Waals surface area contributed by atoms with E-state index in [0.29, 0.717) is 6.54 Å². The third-order valence-electron chi connectivity index (χ3n) is 2.63. The Hall–Kier alpha value is -1.73. The quantitative estimate of drug-likeness (QED) is 0.798. The van der Waals surface area contributed by atoms with E-state index in [1.807, 2.05) is 0 Å². The van der Waals surface area contributed by atoms with Crippen LogP contribution in [0.3, 0.4) is 0 Å². The first-order valence-electron chi connectivity index (χ1n) is 6.40. The molecule has 118 valence electrons. The van der Waals surface area contributed by atoms with E-state index in [1.54, 1.807) is 32.0 Å². The van der Waals surface area contributed by atoms with Crippen molar-refractivity contribution in [1.29, 1.82) is 0 Å². The number of ether oxygens (including phenoxy) is 1. The molecule has 1 atom stereocenters. The van der Waals surface area contributed by atoms with Gasteiger partial charge in [-0.05, 0) is 33.2 Å². The number of hydrogen-bond donors (Lipinski definition) is 2. The average molecular weight is 302 g/mol. The molecule has 7 heteroatoms. The van der Waals surface area contributed by atoms with E-state index in [1.165, 1.54) is 18.2 Å². The average Bonchev–Trinajstić information content (AvgIpc) is 2.34. The molecule has 0 aliphatic rings. The molecule has 1 amide bonds. The van der Waals surface area contributed by atoms with Crippen molar-refractivity contribution in [2.45, 2.75) is 19.1 Å². The summed E-state index contributed by atoms with van der Waals surface area (Å²) in [6.45, 7) is -1.08. The maximum atomic E-state index is 12.3. The van der Waals surface area contributed by atoms with Crippen LogP contribution in [0.5, 0.6) is 5.75 Å². The second-order valence-corrected chi connectivity index (χ2v) is 5.29. The lowest BCUT2D eigenvalue weighted by molar-refractivity contribution is -0.0502. The zero-order chi connectivity index (χ0) is 16.0. The van der Waals surface area contributed by atoms with Gasteiger partial charge in [0.2, 0.25) is 0 Å². The Morgan fingerprint density at radius 3 is 2.62 bits per heavy atom. The number of alkyl halides is 2. The number of halogens is 2. The Morgan fingerprint density at radius 2 is 2.05 bits per heavy atom. The number of carbonyl (C=O) groups excluding carboxylic acids is 1. The normalized spacial score (nSPS) is 14.1. The Kier molecular flexibility index (Phi) is 6.04. The minimum absolute atomic E-state index is 0.00143. The Bertz CT molecular complexity index is 479. The highest BCUT2D eigenvalue weighted by Crippen LogP contribution is 2.20. The molecule has 1 unspecified atom stereocenters. The lowest BCUT2D eigenvalue weighted by atomic mass is 10.1. The molecule has 5 nitrogen and oxygen atoms in total. The number of nitrogens with one attached hydrogen (secondary N) is 1. The van der Waals surface area contributed by atoms with E-state index in [4.69, 9.17) is 0 Å². The summed E-state index contributed by atoms with van der Waals surface area (Å²) in [7, 11) is 3.59. The molecule has 0 fully saturated rings. The monoisotopic (exact) mass is 302 g/mol. The SMILES string of the molecule is CN(C)CC(C)(O)CNC(=O)c1ccccc1OC(F)F. The fourth-order valence-electron chi connectivity index (χ4n) is 1.96. The van der Waals surface area contributed by atoms with Gasteiger partial charge in [0, 0.05) is 13.1 Å². The summed E-state index contributed by atoms with van der Waals surface area (Å²) < 4.78 is 28.9. The summed E-state index contributed by atoms with van der Waals surface area (Å²) in [5, 5.41) is 12.6. The van der Waals surface area contributed by atoms with Gasteiger partial charge in [-0.3, -0.25) is 4.79 Å². The summed E-state index contributed by atoms with van der Waals surface area (Å²) in [5.41, 5.74) is -1.13. The molecule has 0 aromatic heterocycles. The van der Waals surface area contributed by atoms with Crippen molar-refractivity contribution < 1.29 is 23.4 Å². The Morgan fingerprint density at radius 1 is 1.43 bits per heavy atom. The molecule has 0 bridgehead atoms. The topological polar surface area (TPSA) is 61.8 Å². The zero-order valence-corrected chi connectivity index (χ0v) is 12.3. The first kappa shape index (κ1) is 17.3. The van der Waals surface area contributed by atoms with Crippen LogP contribution in [-0.4, -0.2) is 55.3 Å². The second-order valence-electron chi connectivity index (χ2n) is 5.29. The van der Waals surface area contributed by atoms with Gasteiger partial charge in [0.05, 0.1) is 11.2 Å². The third kappa shape index (κ3) is 6.05. The fraction of sp³-hybridized carbons (Fsp3) is 0.500. The number of aliphatic hydroxyl groups is 1. The van der Waals surface area contributed by atoms with Gasteiger partial charge in [0.1, 0.15) is 5.75 Å². The van der Waals surface area contributed by atoms with Crippen LogP contribution < -0.4 is 10.1 Å². The van der Waals surface area contributed by atoms with Gasteiger partial charge >= 0.3 is 6.61 Å². The molecule has 21 heavy (non-hydrogen) atoms. The van der Waals surface area contributed by atoms with E-state index in [9.17, 15) is 18.7 Å². The summed E-state index contributed by atoms with van der Waals surface area (Å²) in [5.74, 6) is -0.775. The van der Waals surface area contributed by atoms with Gasteiger partial charge in [0.25, 0.3) is 5.91 Å². The Labute approximate surface area is 122 Å². The summed E-state index contributed by atoms with van der Waals surface area (Å²) >= 11 is 0. The number of carbonyl (C=O) groups is 1. The largest absolute Gasteiger partial charge is 0.434 e. The molecule has 1 aromatic rings. The van der Waals surface area contributed by atoms with E-state index >= 15 is 0 Å². The number of nitrogens with zero attached hydrogens (tertiary/aromatic N) is 1. The van der Waals surface area contributed by atoms with Crippen molar-refractivity contribution in [2.24, 2.45) is 0 Å². The van der Waals surface area contributed by atoms with Crippen LogP contribution in [0, 0.1) is 0 Å². The molecular formula is C14H20F2N2O3. The zero-order valence-electron chi connectivity index (χ0n) is 12.3. The maximum absolute atomic E-state index is 12.3. The van der Waals surface area contributed by atoms with Gasteiger partial charge in [-0.1, -0.05) is 12.1 Å². The van der Waals surface area contributed by atoms with Gasteiger partial charge in [-0.2, -0.15) is 8.78 Å². The molecular weight excluding hydrogens is 282 g/mol. The van der Waals surface area contributed by atoms with Crippen LogP contribution in [0.15, 0.2) is 24.3 Å². The number of hydrogen-bond acceptors (Lipinski definition) is 4. The number of rotatable bonds is 7. The van der Waals surface area contributed by atoms with Crippen LogP contribution in [0.25, 0.3) is 0 Å². The van der Waals surface area contributed by atoms with E-state index in [-0.39, 0.29) is 17.9 Å². The first-order valence-corrected chi connectivity index (χ1v) is 6.40. The van der Waals surface area contributed by atoms with E-state index in [2.05, 4.69) is 10.1 Å². The molecule has 1 rings (SSSR count). The molecule has 0 aliphatic heterocycles. The summed E-state index contributed by atoms with van der Waals surface area (Å²) in [6.07, 6.45) is 0. The Balaban J connectivity index is 2.72. The van der Waals surface area contributed by atoms with E-state index < -0.39 is 18.1 Å². The maximum Gasteiger partial charge on any atom is 0.387 e. The number of likely N-dealkylation sites (N-methyl/N-ethyl adjacent to an activating group) is 1. The van der Waals surface area contributed by atoms with Crippen LogP contribution in [0.2, 0.25) is 0 Å². The number of benzene rings is 1. The van der Waals surface area contributed by atoms with Gasteiger partial charge in [-0.15, -0.1) is 0 Å². The van der Waals surface area contributed by atoms with Crippen molar-refractivity contribution >= 4 is 5.91 Å². The van der Waals surface area contributed by atoms with Crippen molar-refractivity contribution in [3.8, 4) is 5.75 Å². The predicted molar refractivity (Wildman–Crippen MR) is 74.6 cm³/mol. The molecule has 2 N–H and O–H groups in total. The molecule has 0 heterocycles. The molecule has 0 spiro atoms. The third-order valence-corrected chi connectivity index (χ3v) is 2.63. The predicted octanol–water partition coefficient (Wildman–Crippen LogP) is 1.33. The highest BCUT2D eigenvalue weighted by atomic mass is 19.3. The first-order chi connectivity index (χ1) is 9.71. The van der Waals surface area contributed by atoms with Crippen LogP contribution >= 0.6 is 0 Å². The van der Waals surface area contributed by atoms with Gasteiger partial charge < -0.3 is 20.1 Å². The lowest BCUT2D eigenvalue weighted by Gasteiger charge is -2.27. The van der Waals surface area contributed by atoms with Crippen LogP contribution in [0.4, 0.5) is 8.78 Å². The van der Waals surface area contributed by atoms with Crippen LogP contribution in [0.1, 0.15) is 17.3 Å². The summed E-state index contributed by atoms with van der Waals surface area (Å²) in [6, 6.07) is 5.72. The van der Waals surface area contributed by atoms with Crippen molar-refractivity contribution in [1.82, 2.24) is 10.2 Å². The van der Waals surface area contributed by atoms with Crippen molar-refractivity contribution in [2.75, 3.05) is 27.2 Å². The van der Waals surface area contributed by atoms with Crippen LogP contribution in [-0.2, 0) is 0 Å². The molecule has 1 aromatic carbocycles. The molecule has 0 aliphatic carbocycles. The van der Waals surface area contributed by atoms with Crippen molar-refractivity contribution in [3.05, 3.63) is 29.8 Å². The lowest BCUT2D eigenvalue weighted by Crippen LogP contribution is -2.47. The van der Waals surface area contributed by atoms with Crippen molar-refractivity contribution in [3.63, 3.8) is 0 Å². The molecule has 0 saturated heterocycles. The van der Waals surface area contributed by atoms with Gasteiger partial charge in [-0.25, -0.2) is 0 Å². The highest BCUT2D eigenvalue weighted by Gasteiger charge is 2.23.